The summed E-state index contributed by atoms with van der Waals surface area (Å²) in [5.41, 5.74) is 0.803. The molecule has 0 aromatic carbocycles. The number of carbonyl (C=O) groups excluding carboxylic acids is 1. The number of hydrogen-bond acceptors (Lipinski definition) is 2. The Morgan fingerprint density at radius 2 is 1.96 bits per heavy atom. The number of carbonyl (C=O) groups is 1. The predicted molar refractivity (Wildman–Crippen MR) is 105 cm³/mol. The van der Waals surface area contributed by atoms with E-state index < -0.39 is 0 Å². The van der Waals surface area contributed by atoms with Crippen LogP contribution >= 0.6 is 0 Å². The first-order valence-corrected chi connectivity index (χ1v) is 11.2. The highest BCUT2D eigenvalue weighted by atomic mass is 16.5. The van der Waals surface area contributed by atoms with Gasteiger partial charge in [-0.25, -0.2) is 0 Å². The molecule has 148 valence electrons. The second kappa shape index (κ2) is 6.50. The van der Waals surface area contributed by atoms with E-state index in [9.17, 15) is 4.79 Å². The second-order valence-corrected chi connectivity index (χ2v) is 10.7. The summed E-state index contributed by atoms with van der Waals surface area (Å²) in [5, 5.41) is 0. The van der Waals surface area contributed by atoms with Crippen LogP contribution in [0.4, 0.5) is 0 Å². The molecule has 1 amide bonds. The van der Waals surface area contributed by atoms with Gasteiger partial charge in [-0.15, -0.1) is 0 Å². The first kappa shape index (κ1) is 18.8. The third-order valence-corrected chi connectivity index (χ3v) is 9.22. The number of ether oxygens (including phenoxy) is 1. The summed E-state index contributed by atoms with van der Waals surface area (Å²) in [6.45, 7) is 10.7. The summed E-state index contributed by atoms with van der Waals surface area (Å²) in [6.07, 6.45) is 9.93. The maximum Gasteiger partial charge on any atom is 0.222 e. The van der Waals surface area contributed by atoms with Crippen LogP contribution in [0, 0.1) is 34.5 Å². The van der Waals surface area contributed by atoms with Gasteiger partial charge in [-0.2, -0.15) is 0 Å². The Kier molecular flexibility index (Phi) is 4.69. The Morgan fingerprint density at radius 1 is 1.19 bits per heavy atom. The van der Waals surface area contributed by atoms with Crippen LogP contribution in [-0.2, 0) is 9.53 Å². The minimum absolute atomic E-state index is 0.323. The lowest BCUT2D eigenvalue weighted by atomic mass is 9.45. The third kappa shape index (κ3) is 2.67. The van der Waals surface area contributed by atoms with E-state index in [0.29, 0.717) is 28.9 Å². The number of fused-ring (bicyclic) bond motifs is 5. The zero-order chi connectivity index (χ0) is 18.7. The van der Waals surface area contributed by atoms with Gasteiger partial charge < -0.3 is 9.64 Å². The maximum atomic E-state index is 12.3. The molecule has 0 aromatic heterocycles. The molecule has 3 aliphatic carbocycles. The van der Waals surface area contributed by atoms with E-state index in [4.69, 9.17) is 4.74 Å². The van der Waals surface area contributed by atoms with E-state index in [1.807, 2.05) is 0 Å². The van der Waals surface area contributed by atoms with Gasteiger partial charge in [0.1, 0.15) is 0 Å². The lowest BCUT2D eigenvalue weighted by Gasteiger charge is -2.63. The van der Waals surface area contributed by atoms with Crippen molar-refractivity contribution >= 4 is 5.91 Å². The van der Waals surface area contributed by atoms with Gasteiger partial charge in [0.25, 0.3) is 0 Å². The quantitative estimate of drug-likeness (QED) is 0.716. The highest BCUT2D eigenvalue weighted by Gasteiger charge is 2.62. The molecule has 26 heavy (non-hydrogen) atoms. The molecule has 4 rings (SSSR count). The lowest BCUT2D eigenvalue weighted by Crippen LogP contribution is -2.62. The molecule has 0 radical (unpaired) electrons. The molecule has 0 aromatic rings. The Labute approximate surface area is 160 Å². The van der Waals surface area contributed by atoms with Crippen LogP contribution in [0.5, 0.6) is 0 Å². The molecular formula is C23H39NO2. The minimum atomic E-state index is 0.323. The SMILES string of the molecule is CCCOC1CC2C3C(C)CC4N(C)C(=O)CC[C@]4(C)C3CC[C@]2(C)C1. The van der Waals surface area contributed by atoms with Crippen LogP contribution in [0.2, 0.25) is 0 Å². The van der Waals surface area contributed by atoms with Crippen molar-refractivity contribution in [3.8, 4) is 0 Å². The smallest absolute Gasteiger partial charge is 0.222 e. The zero-order valence-electron chi connectivity index (χ0n) is 17.6. The fourth-order valence-electron chi connectivity index (χ4n) is 7.87. The van der Waals surface area contributed by atoms with Crippen molar-refractivity contribution in [2.45, 2.75) is 91.2 Å². The van der Waals surface area contributed by atoms with Gasteiger partial charge in [0.05, 0.1) is 6.10 Å². The minimum Gasteiger partial charge on any atom is -0.378 e. The number of piperidine rings is 1. The number of amides is 1. The number of likely N-dealkylation sites (tertiary alicyclic amines) is 1. The lowest BCUT2D eigenvalue weighted by molar-refractivity contribution is -0.164. The molecule has 1 heterocycles. The van der Waals surface area contributed by atoms with Crippen molar-refractivity contribution < 1.29 is 9.53 Å². The van der Waals surface area contributed by atoms with E-state index >= 15 is 0 Å². The van der Waals surface area contributed by atoms with Crippen molar-refractivity contribution in [2.75, 3.05) is 13.7 Å². The maximum absolute atomic E-state index is 12.3. The van der Waals surface area contributed by atoms with Gasteiger partial charge in [-0.1, -0.05) is 27.7 Å². The second-order valence-electron chi connectivity index (χ2n) is 10.7. The van der Waals surface area contributed by atoms with Crippen molar-refractivity contribution in [1.82, 2.24) is 4.90 Å². The third-order valence-electron chi connectivity index (χ3n) is 9.22. The molecule has 1 aliphatic heterocycles. The average molecular weight is 362 g/mol. The summed E-state index contributed by atoms with van der Waals surface area (Å²) in [4.78, 5) is 14.5. The van der Waals surface area contributed by atoms with E-state index in [1.54, 1.807) is 0 Å². The highest BCUT2D eigenvalue weighted by molar-refractivity contribution is 5.77. The molecule has 6 unspecified atom stereocenters. The topological polar surface area (TPSA) is 29.5 Å². The number of nitrogens with zero attached hydrogens (tertiary/aromatic N) is 1. The van der Waals surface area contributed by atoms with Crippen molar-refractivity contribution in [3.63, 3.8) is 0 Å². The summed E-state index contributed by atoms with van der Waals surface area (Å²) in [5.74, 6) is 3.52. The molecule has 0 bridgehead atoms. The molecular weight excluding hydrogens is 322 g/mol. The fraction of sp³-hybridized carbons (Fsp3) is 0.957. The zero-order valence-corrected chi connectivity index (χ0v) is 17.6. The fourth-order valence-corrected chi connectivity index (χ4v) is 7.87. The molecule has 3 saturated carbocycles. The van der Waals surface area contributed by atoms with Gasteiger partial charge in [0.2, 0.25) is 5.91 Å². The van der Waals surface area contributed by atoms with E-state index in [1.165, 1.54) is 32.1 Å². The van der Waals surface area contributed by atoms with Crippen molar-refractivity contribution in [1.29, 1.82) is 0 Å². The Balaban J connectivity index is 1.61. The van der Waals surface area contributed by atoms with E-state index in [2.05, 4.69) is 39.6 Å². The predicted octanol–water partition coefficient (Wildman–Crippen LogP) is 4.89. The molecule has 3 nitrogen and oxygen atoms in total. The van der Waals surface area contributed by atoms with Crippen LogP contribution in [0.15, 0.2) is 0 Å². The Hall–Kier alpha value is -0.570. The van der Waals surface area contributed by atoms with E-state index in [0.717, 1.165) is 49.5 Å². The van der Waals surface area contributed by atoms with Crippen LogP contribution in [0.25, 0.3) is 0 Å². The molecule has 1 saturated heterocycles. The number of rotatable bonds is 3. The highest BCUT2D eigenvalue weighted by Crippen LogP contribution is 2.66. The number of hydrogen-bond donors (Lipinski definition) is 0. The molecule has 8 atom stereocenters. The summed E-state index contributed by atoms with van der Waals surface area (Å²) < 4.78 is 6.23. The van der Waals surface area contributed by atoms with Crippen molar-refractivity contribution in [3.05, 3.63) is 0 Å². The summed E-state index contributed by atoms with van der Waals surface area (Å²) in [6, 6.07) is 0.456. The standard InChI is InChI=1S/C23H39NO2/c1-6-11-26-16-13-18-21-15(2)12-19-23(4,10-8-20(25)24(19)5)17(21)7-9-22(18,3)14-16/h15-19,21H,6-14H2,1-5H3/t15?,16?,17?,18?,19?,21?,22-,23-/m1/s1. The van der Waals surface area contributed by atoms with Gasteiger partial charge in [-0.05, 0) is 79.4 Å². The van der Waals surface area contributed by atoms with Crippen LogP contribution in [-0.4, -0.2) is 36.6 Å². The van der Waals surface area contributed by atoms with Crippen LogP contribution in [0.3, 0.4) is 0 Å². The molecule has 0 N–H and O–H groups in total. The van der Waals surface area contributed by atoms with Gasteiger partial charge >= 0.3 is 0 Å². The van der Waals surface area contributed by atoms with Gasteiger partial charge in [0.15, 0.2) is 0 Å². The normalized spacial score (nSPS) is 51.0. The van der Waals surface area contributed by atoms with Gasteiger partial charge in [0, 0.05) is 26.1 Å². The summed E-state index contributed by atoms with van der Waals surface area (Å²) in [7, 11) is 2.06. The average Bonchev–Trinajstić information content (AvgIpc) is 2.95. The Morgan fingerprint density at radius 3 is 2.69 bits per heavy atom. The largest absolute Gasteiger partial charge is 0.378 e. The summed E-state index contributed by atoms with van der Waals surface area (Å²) >= 11 is 0. The monoisotopic (exact) mass is 361 g/mol. The molecule has 4 fully saturated rings. The Bertz CT molecular complexity index is 562. The first-order valence-electron chi connectivity index (χ1n) is 11.2. The molecule has 4 aliphatic rings. The van der Waals surface area contributed by atoms with Crippen molar-refractivity contribution in [2.24, 2.45) is 34.5 Å². The van der Waals surface area contributed by atoms with E-state index in [-0.39, 0.29) is 0 Å². The van der Waals surface area contributed by atoms with Gasteiger partial charge in [-0.3, -0.25) is 4.79 Å². The van der Waals surface area contributed by atoms with Crippen LogP contribution < -0.4 is 0 Å². The van der Waals surface area contributed by atoms with Crippen LogP contribution in [0.1, 0.15) is 79.1 Å². The first-order chi connectivity index (χ1) is 12.3. The molecule has 0 spiro atoms. The molecule has 3 heteroatoms.